The summed E-state index contributed by atoms with van der Waals surface area (Å²) in [4.78, 5) is 11.2. The van der Waals surface area contributed by atoms with Crippen LogP contribution in [0.15, 0.2) is 18.2 Å². The summed E-state index contributed by atoms with van der Waals surface area (Å²) in [5.41, 5.74) is 0.736. The molecule has 1 aromatic rings. The Kier molecular flexibility index (Phi) is 2.55. The van der Waals surface area contributed by atoms with Crippen molar-refractivity contribution in [3.8, 4) is 0 Å². The molecule has 1 nitrogen and oxygen atoms in total. The van der Waals surface area contributed by atoms with Gasteiger partial charge in [0.05, 0.1) is 0 Å². The third-order valence-electron chi connectivity index (χ3n) is 3.13. The molecule has 0 radical (unpaired) electrons. The second-order valence-electron chi connectivity index (χ2n) is 3.97. The number of carbonyl (C=O) groups excluding carboxylic acids is 1. The van der Waals surface area contributed by atoms with Crippen molar-refractivity contribution in [1.82, 2.24) is 0 Å². The van der Waals surface area contributed by atoms with E-state index in [4.69, 9.17) is 0 Å². The highest BCUT2D eigenvalue weighted by atomic mass is 19.2. The molecule has 0 bridgehead atoms. The fourth-order valence-electron chi connectivity index (χ4n) is 2.18. The molecule has 0 saturated heterocycles. The van der Waals surface area contributed by atoms with Crippen LogP contribution < -0.4 is 0 Å². The van der Waals surface area contributed by atoms with E-state index < -0.39 is 11.6 Å². The average Bonchev–Trinajstić information content (AvgIpc) is 2.19. The maximum Gasteiger partial charge on any atom is 0.159 e. The van der Waals surface area contributed by atoms with E-state index in [-0.39, 0.29) is 17.6 Å². The van der Waals surface area contributed by atoms with E-state index in [0.29, 0.717) is 6.42 Å². The molecule has 0 amide bonds. The lowest BCUT2D eigenvalue weighted by molar-refractivity contribution is -0.131. The minimum atomic E-state index is -0.836. The summed E-state index contributed by atoms with van der Waals surface area (Å²) in [6.45, 7) is 1.94. The molecule has 2 atom stereocenters. The molecule has 2 rings (SSSR count). The van der Waals surface area contributed by atoms with Gasteiger partial charge in [0.1, 0.15) is 5.78 Å². The van der Waals surface area contributed by atoms with Crippen molar-refractivity contribution in [2.45, 2.75) is 25.7 Å². The van der Waals surface area contributed by atoms with Gasteiger partial charge in [0.15, 0.2) is 11.6 Å². The Morgan fingerprint density at radius 1 is 1.33 bits per heavy atom. The summed E-state index contributed by atoms with van der Waals surface area (Å²) >= 11 is 0. The molecule has 0 N–H and O–H groups in total. The van der Waals surface area contributed by atoms with Crippen molar-refractivity contribution in [3.63, 3.8) is 0 Å². The number of Topliss-reactive ketones (excluding diaryl/α,β-unsaturated/α-hetero) is 1. The Labute approximate surface area is 87.1 Å². The minimum absolute atomic E-state index is 0.00476. The third-order valence-corrected chi connectivity index (χ3v) is 3.13. The van der Waals surface area contributed by atoms with Gasteiger partial charge in [-0.2, -0.15) is 0 Å². The Hall–Kier alpha value is -1.25. The molecule has 1 aliphatic carbocycles. The molecule has 1 aliphatic rings. The van der Waals surface area contributed by atoms with Crippen LogP contribution in [0.1, 0.15) is 31.2 Å². The van der Waals surface area contributed by atoms with Crippen molar-refractivity contribution in [1.29, 1.82) is 0 Å². The SMILES string of the molecule is CCC1C(=O)CC1c1ccc(F)c(F)c1. The molecule has 3 heteroatoms. The van der Waals surface area contributed by atoms with Crippen LogP contribution in [0.4, 0.5) is 8.78 Å². The maximum absolute atomic E-state index is 13.0. The fourth-order valence-corrected chi connectivity index (χ4v) is 2.18. The Balaban J connectivity index is 2.24. The van der Waals surface area contributed by atoms with Crippen LogP contribution in [0.3, 0.4) is 0 Å². The summed E-state index contributed by atoms with van der Waals surface area (Å²) in [6, 6.07) is 3.90. The molecule has 0 spiro atoms. The monoisotopic (exact) mass is 210 g/mol. The van der Waals surface area contributed by atoms with Crippen LogP contribution in [0.5, 0.6) is 0 Å². The molecular formula is C12H12F2O. The summed E-state index contributed by atoms with van der Waals surface area (Å²) < 4.78 is 25.7. The first-order valence-corrected chi connectivity index (χ1v) is 5.11. The topological polar surface area (TPSA) is 17.1 Å². The number of hydrogen-bond donors (Lipinski definition) is 0. The molecule has 0 heterocycles. The standard InChI is InChI=1S/C12H12F2O/c1-2-8-9(6-12(8)15)7-3-4-10(13)11(14)5-7/h3-5,8-9H,2,6H2,1H3. The fraction of sp³-hybridized carbons (Fsp3) is 0.417. The van der Waals surface area contributed by atoms with Crippen LogP contribution in [0, 0.1) is 17.6 Å². The highest BCUT2D eigenvalue weighted by Gasteiger charge is 2.39. The van der Waals surface area contributed by atoms with Crippen molar-refractivity contribution in [2.75, 3.05) is 0 Å². The van der Waals surface area contributed by atoms with Gasteiger partial charge in [-0.3, -0.25) is 4.79 Å². The number of rotatable bonds is 2. The molecule has 15 heavy (non-hydrogen) atoms. The molecule has 0 aliphatic heterocycles. The highest BCUT2D eigenvalue weighted by Crippen LogP contribution is 2.41. The van der Waals surface area contributed by atoms with Gasteiger partial charge < -0.3 is 0 Å². The number of benzene rings is 1. The van der Waals surface area contributed by atoms with Crippen LogP contribution >= 0.6 is 0 Å². The number of hydrogen-bond acceptors (Lipinski definition) is 1. The maximum atomic E-state index is 13.0. The third kappa shape index (κ3) is 1.66. The zero-order chi connectivity index (χ0) is 11.0. The van der Waals surface area contributed by atoms with Gasteiger partial charge >= 0.3 is 0 Å². The van der Waals surface area contributed by atoms with Gasteiger partial charge in [-0.25, -0.2) is 8.78 Å². The van der Waals surface area contributed by atoms with Gasteiger partial charge in [-0.05, 0) is 24.1 Å². The zero-order valence-electron chi connectivity index (χ0n) is 8.47. The van der Waals surface area contributed by atoms with E-state index in [1.165, 1.54) is 6.07 Å². The molecule has 0 aromatic heterocycles. The van der Waals surface area contributed by atoms with E-state index in [1.807, 2.05) is 6.92 Å². The summed E-state index contributed by atoms with van der Waals surface area (Å²) in [6.07, 6.45) is 1.23. The van der Waals surface area contributed by atoms with Crippen molar-refractivity contribution < 1.29 is 13.6 Å². The summed E-state index contributed by atoms with van der Waals surface area (Å²) in [7, 11) is 0. The lowest BCUT2D eigenvalue weighted by atomic mass is 9.68. The molecule has 80 valence electrons. The second-order valence-corrected chi connectivity index (χ2v) is 3.97. The van der Waals surface area contributed by atoms with E-state index in [0.717, 1.165) is 18.1 Å². The van der Waals surface area contributed by atoms with E-state index in [9.17, 15) is 13.6 Å². The largest absolute Gasteiger partial charge is 0.299 e. The molecule has 1 saturated carbocycles. The van der Waals surface area contributed by atoms with E-state index in [2.05, 4.69) is 0 Å². The average molecular weight is 210 g/mol. The summed E-state index contributed by atoms with van der Waals surface area (Å²) in [5, 5.41) is 0. The number of carbonyl (C=O) groups is 1. The predicted molar refractivity (Wildman–Crippen MR) is 52.5 cm³/mol. The van der Waals surface area contributed by atoms with Gasteiger partial charge in [0.2, 0.25) is 0 Å². The molecule has 1 fully saturated rings. The van der Waals surface area contributed by atoms with E-state index in [1.54, 1.807) is 6.07 Å². The van der Waals surface area contributed by atoms with E-state index >= 15 is 0 Å². The van der Waals surface area contributed by atoms with Crippen LogP contribution in [0.25, 0.3) is 0 Å². The molecule has 2 unspecified atom stereocenters. The molecular weight excluding hydrogens is 198 g/mol. The Morgan fingerprint density at radius 3 is 2.60 bits per heavy atom. The van der Waals surface area contributed by atoms with Crippen LogP contribution in [-0.4, -0.2) is 5.78 Å². The highest BCUT2D eigenvalue weighted by molar-refractivity contribution is 5.89. The van der Waals surface area contributed by atoms with Gasteiger partial charge in [-0.15, -0.1) is 0 Å². The first kappa shape index (κ1) is 10.3. The first-order chi connectivity index (χ1) is 7.13. The lowest BCUT2D eigenvalue weighted by Crippen LogP contribution is -2.34. The number of ketones is 1. The minimum Gasteiger partial charge on any atom is -0.299 e. The van der Waals surface area contributed by atoms with Gasteiger partial charge in [0.25, 0.3) is 0 Å². The van der Waals surface area contributed by atoms with Crippen molar-refractivity contribution >= 4 is 5.78 Å². The zero-order valence-corrected chi connectivity index (χ0v) is 8.47. The molecule has 1 aromatic carbocycles. The normalized spacial score (nSPS) is 25.1. The van der Waals surface area contributed by atoms with Gasteiger partial charge in [0, 0.05) is 18.3 Å². The smallest absolute Gasteiger partial charge is 0.159 e. The number of halogens is 2. The van der Waals surface area contributed by atoms with Crippen molar-refractivity contribution in [3.05, 3.63) is 35.4 Å². The first-order valence-electron chi connectivity index (χ1n) is 5.11. The van der Waals surface area contributed by atoms with Crippen LogP contribution in [0.2, 0.25) is 0 Å². The Morgan fingerprint density at radius 2 is 2.07 bits per heavy atom. The lowest BCUT2D eigenvalue weighted by Gasteiger charge is -2.34. The quantitative estimate of drug-likeness (QED) is 0.733. The Bertz CT molecular complexity index is 401. The summed E-state index contributed by atoms with van der Waals surface area (Å²) in [5.74, 6) is -1.36. The predicted octanol–water partition coefficient (Wildman–Crippen LogP) is 3.05. The van der Waals surface area contributed by atoms with Gasteiger partial charge in [-0.1, -0.05) is 13.0 Å². The van der Waals surface area contributed by atoms with Crippen molar-refractivity contribution in [2.24, 2.45) is 5.92 Å². The second kappa shape index (κ2) is 3.72. The van der Waals surface area contributed by atoms with Crippen LogP contribution in [-0.2, 0) is 4.79 Å².